The molecule has 2 aromatic rings. The first-order valence-electron chi connectivity index (χ1n) is 15.2. The first-order chi connectivity index (χ1) is 22.8. The largest absolute Gasteiger partial charge is 0.508 e. The number of allylic oxidation sites excluding steroid dienone is 2. The Balaban J connectivity index is 1.41. The summed E-state index contributed by atoms with van der Waals surface area (Å²) < 4.78 is 28.0. The van der Waals surface area contributed by atoms with Crippen LogP contribution in [-0.4, -0.2) is 138 Å². The smallest absolute Gasteiger partial charge is 0.229 e. The van der Waals surface area contributed by atoms with Crippen molar-refractivity contribution in [3.63, 3.8) is 0 Å². The molecule has 16 nitrogen and oxygen atoms in total. The van der Waals surface area contributed by atoms with Gasteiger partial charge in [0.2, 0.25) is 12.6 Å². The van der Waals surface area contributed by atoms with Gasteiger partial charge < -0.3 is 74.7 Å². The minimum Gasteiger partial charge on any atom is -0.508 e. The van der Waals surface area contributed by atoms with Crippen LogP contribution in [-0.2, 0) is 15.9 Å². The fraction of sp³-hybridized carbons (Fsp3) is 0.531. The van der Waals surface area contributed by atoms with E-state index in [1.54, 1.807) is 6.08 Å². The number of benzene rings is 2. The molecule has 0 aliphatic carbocycles. The Hall–Kier alpha value is -3.55. The maximum atomic E-state index is 13.9. The van der Waals surface area contributed by atoms with Gasteiger partial charge in [0.1, 0.15) is 89.7 Å². The average molecular weight is 681 g/mol. The summed E-state index contributed by atoms with van der Waals surface area (Å²) in [5, 5.41) is 102. The van der Waals surface area contributed by atoms with Crippen LogP contribution in [0.15, 0.2) is 35.9 Å². The number of ketones is 1. The molecule has 5 rings (SSSR count). The quantitative estimate of drug-likeness (QED) is 0.133. The van der Waals surface area contributed by atoms with E-state index in [1.165, 1.54) is 18.2 Å². The lowest BCUT2D eigenvalue weighted by atomic mass is 9.86. The molecule has 0 saturated carbocycles. The number of phenolic OH excluding ortho intramolecular Hbond substituents is 2. The molecular formula is C32H40O16. The lowest BCUT2D eigenvalue weighted by Gasteiger charge is -2.40. The summed E-state index contributed by atoms with van der Waals surface area (Å²) in [6, 6.07) is 5.17. The van der Waals surface area contributed by atoms with E-state index in [4.69, 9.17) is 23.7 Å². The summed E-state index contributed by atoms with van der Waals surface area (Å²) in [6.07, 6.45) is -13.8. The summed E-state index contributed by atoms with van der Waals surface area (Å²) in [4.78, 5) is 13.9. The minimum absolute atomic E-state index is 0.0352. The Labute approximate surface area is 274 Å². The first kappa shape index (κ1) is 35.7. The topological polar surface area (TPSA) is 266 Å². The number of fused-ring (bicyclic) bond motifs is 1. The maximum Gasteiger partial charge on any atom is 0.229 e. The molecule has 0 radical (unpaired) electrons. The van der Waals surface area contributed by atoms with Crippen LogP contribution in [0.25, 0.3) is 0 Å². The molecule has 0 spiro atoms. The zero-order chi connectivity index (χ0) is 35.0. The summed E-state index contributed by atoms with van der Waals surface area (Å²) in [5.41, 5.74) is 0.878. The molecule has 0 aromatic heterocycles. The van der Waals surface area contributed by atoms with Gasteiger partial charge in [-0.25, -0.2) is 0 Å². The number of carbonyl (C=O) groups excluding carboxylic acids is 1. The standard InChI is InChI=1S/C32H40O16/c1-12(2)3-5-15-18(46-32-30(43)28(41)26(39)21(10-34)48-32)8-19-22(23(15)36)24(37)16(11-44-19)14-6-4-13(7-17(14)35)45-31-29(42)27(40)25(38)20(9-33)47-31/h3-4,6-8,16,20-21,25-36,38-43H,5,9-11H2,1-2H3. The van der Waals surface area contributed by atoms with Gasteiger partial charge >= 0.3 is 0 Å². The van der Waals surface area contributed by atoms with E-state index in [2.05, 4.69) is 0 Å². The number of ether oxygens (including phenoxy) is 5. The van der Waals surface area contributed by atoms with Crippen LogP contribution < -0.4 is 14.2 Å². The predicted molar refractivity (Wildman–Crippen MR) is 161 cm³/mol. The second-order valence-electron chi connectivity index (χ2n) is 12.1. The monoisotopic (exact) mass is 680 g/mol. The Morgan fingerprint density at radius 3 is 1.96 bits per heavy atom. The molecule has 3 aliphatic heterocycles. The molecule has 3 heterocycles. The van der Waals surface area contributed by atoms with Crippen LogP contribution in [0.1, 0.15) is 41.3 Å². The highest BCUT2D eigenvalue weighted by Crippen LogP contribution is 2.46. The molecule has 11 unspecified atom stereocenters. The van der Waals surface area contributed by atoms with Gasteiger partial charge in [-0.1, -0.05) is 17.7 Å². The maximum absolute atomic E-state index is 13.9. The third kappa shape index (κ3) is 6.81. The molecule has 264 valence electrons. The number of rotatable bonds is 9. The van der Waals surface area contributed by atoms with Crippen LogP contribution in [0.4, 0.5) is 0 Å². The summed E-state index contributed by atoms with van der Waals surface area (Å²) in [5.74, 6) is -2.78. The molecule has 11 atom stereocenters. The van der Waals surface area contributed by atoms with Gasteiger partial charge in [-0.3, -0.25) is 4.79 Å². The van der Waals surface area contributed by atoms with Gasteiger partial charge in [0.15, 0.2) is 5.78 Å². The number of phenols is 2. The van der Waals surface area contributed by atoms with Crippen LogP contribution in [0.3, 0.4) is 0 Å². The fourth-order valence-corrected chi connectivity index (χ4v) is 5.76. The number of Topliss-reactive ketones (excluding diaryl/α,β-unsaturated/α-hetero) is 1. The Bertz CT molecular complexity index is 1500. The van der Waals surface area contributed by atoms with Crippen LogP contribution in [0.2, 0.25) is 0 Å². The summed E-state index contributed by atoms with van der Waals surface area (Å²) in [7, 11) is 0. The molecule has 3 aliphatic rings. The second kappa shape index (κ2) is 14.5. The Kier molecular flexibility index (Phi) is 10.8. The zero-order valence-electron chi connectivity index (χ0n) is 26.0. The fourth-order valence-electron chi connectivity index (χ4n) is 5.76. The average Bonchev–Trinajstić information content (AvgIpc) is 3.05. The van der Waals surface area contributed by atoms with Gasteiger partial charge in [0.25, 0.3) is 0 Å². The van der Waals surface area contributed by atoms with Gasteiger partial charge in [0.05, 0.1) is 19.1 Å². The van der Waals surface area contributed by atoms with E-state index in [0.29, 0.717) is 0 Å². The van der Waals surface area contributed by atoms with Gasteiger partial charge in [-0.15, -0.1) is 0 Å². The lowest BCUT2D eigenvalue weighted by Crippen LogP contribution is -2.60. The van der Waals surface area contributed by atoms with E-state index in [0.717, 1.165) is 11.6 Å². The molecular weight excluding hydrogens is 640 g/mol. The third-order valence-electron chi connectivity index (χ3n) is 8.58. The molecule has 0 amide bonds. The molecule has 16 heteroatoms. The Morgan fingerprint density at radius 2 is 1.42 bits per heavy atom. The van der Waals surface area contributed by atoms with E-state index < -0.39 is 97.8 Å². The van der Waals surface area contributed by atoms with E-state index in [1.807, 2.05) is 13.8 Å². The van der Waals surface area contributed by atoms with Crippen LogP contribution in [0, 0.1) is 0 Å². The summed E-state index contributed by atoms with van der Waals surface area (Å²) in [6.45, 7) is 2.00. The van der Waals surface area contributed by atoms with Crippen molar-refractivity contribution in [1.82, 2.24) is 0 Å². The first-order valence-corrected chi connectivity index (χ1v) is 15.2. The van der Waals surface area contributed by atoms with Gasteiger partial charge in [-0.2, -0.15) is 0 Å². The molecule has 0 bridgehead atoms. The van der Waals surface area contributed by atoms with E-state index in [9.17, 15) is 55.9 Å². The predicted octanol–water partition coefficient (Wildman–Crippen LogP) is -1.68. The Morgan fingerprint density at radius 1 is 0.833 bits per heavy atom. The minimum atomic E-state index is -1.74. The molecule has 2 aromatic carbocycles. The van der Waals surface area contributed by atoms with Crippen molar-refractivity contribution >= 4 is 5.78 Å². The normalized spacial score (nSPS) is 33.4. The van der Waals surface area contributed by atoms with E-state index >= 15 is 0 Å². The highest BCUT2D eigenvalue weighted by molar-refractivity contribution is 6.07. The van der Waals surface area contributed by atoms with Crippen molar-refractivity contribution in [1.29, 1.82) is 0 Å². The second-order valence-corrected chi connectivity index (χ2v) is 12.1. The number of aromatic hydroxyl groups is 2. The van der Waals surface area contributed by atoms with Gasteiger partial charge in [0, 0.05) is 23.3 Å². The highest BCUT2D eigenvalue weighted by Gasteiger charge is 2.46. The molecule has 2 saturated heterocycles. The van der Waals surface area contributed by atoms with Crippen molar-refractivity contribution in [2.24, 2.45) is 0 Å². The van der Waals surface area contributed by atoms with Crippen LogP contribution >= 0.6 is 0 Å². The molecule has 2 fully saturated rings. The van der Waals surface area contributed by atoms with Crippen molar-refractivity contribution in [3.8, 4) is 28.7 Å². The lowest BCUT2D eigenvalue weighted by molar-refractivity contribution is -0.277. The van der Waals surface area contributed by atoms with Crippen molar-refractivity contribution in [2.45, 2.75) is 87.6 Å². The van der Waals surface area contributed by atoms with Crippen molar-refractivity contribution < 1.29 is 79.5 Å². The number of aliphatic hydroxyl groups excluding tert-OH is 8. The number of carbonyl (C=O) groups is 1. The third-order valence-corrected chi connectivity index (χ3v) is 8.58. The van der Waals surface area contributed by atoms with Crippen LogP contribution in [0.5, 0.6) is 28.7 Å². The van der Waals surface area contributed by atoms with Crippen molar-refractivity contribution in [3.05, 3.63) is 52.6 Å². The number of hydrogen-bond acceptors (Lipinski definition) is 16. The highest BCUT2D eigenvalue weighted by atomic mass is 16.7. The summed E-state index contributed by atoms with van der Waals surface area (Å²) >= 11 is 0. The molecule has 48 heavy (non-hydrogen) atoms. The van der Waals surface area contributed by atoms with Crippen molar-refractivity contribution in [2.75, 3.05) is 19.8 Å². The van der Waals surface area contributed by atoms with Gasteiger partial charge in [-0.05, 0) is 26.3 Å². The number of hydrogen-bond donors (Lipinski definition) is 10. The zero-order valence-corrected chi connectivity index (χ0v) is 26.0. The molecule has 10 N–H and O–H groups in total. The number of aliphatic hydroxyl groups is 8. The SMILES string of the molecule is CC(C)=CCc1c(OC2OC(CO)C(O)C(O)C2O)cc2c(c1O)C(=O)C(c1ccc(OC3OC(CO)C(O)C(O)C3O)cc1O)CO2. The van der Waals surface area contributed by atoms with E-state index in [-0.39, 0.29) is 47.0 Å².